The summed E-state index contributed by atoms with van der Waals surface area (Å²) < 4.78 is 5.06. The highest BCUT2D eigenvalue weighted by Crippen LogP contribution is 2.71. The fraction of sp³-hybridized carbons (Fsp3) is 1.00. The molecule has 2 aliphatic rings. The third-order valence-corrected chi connectivity index (χ3v) is 4.85. The van der Waals surface area contributed by atoms with Gasteiger partial charge in [0.05, 0.1) is 10.9 Å². The summed E-state index contributed by atoms with van der Waals surface area (Å²) >= 11 is 3.52. The van der Waals surface area contributed by atoms with Gasteiger partial charge in [-0.05, 0) is 13.3 Å². The lowest BCUT2D eigenvalue weighted by Gasteiger charge is -2.23. The van der Waals surface area contributed by atoms with Crippen LogP contribution in [0.2, 0.25) is 0 Å². The van der Waals surface area contributed by atoms with Gasteiger partial charge in [0.2, 0.25) is 0 Å². The van der Waals surface area contributed by atoms with E-state index in [1.165, 1.54) is 0 Å². The van der Waals surface area contributed by atoms with Crippen LogP contribution in [0.25, 0.3) is 0 Å². The molecule has 0 aromatic rings. The summed E-state index contributed by atoms with van der Waals surface area (Å²) in [6.07, 6.45) is 1.02. The lowest BCUT2D eigenvalue weighted by molar-refractivity contribution is -0.169. The van der Waals surface area contributed by atoms with Gasteiger partial charge in [-0.2, -0.15) is 0 Å². The Morgan fingerprint density at radius 1 is 1.50 bits per heavy atom. The van der Waals surface area contributed by atoms with Gasteiger partial charge in [0.15, 0.2) is 5.79 Å². The van der Waals surface area contributed by atoms with Crippen molar-refractivity contribution in [1.29, 1.82) is 0 Å². The normalized spacial score (nSPS) is 66.0. The van der Waals surface area contributed by atoms with Crippen LogP contribution in [0.3, 0.4) is 0 Å². The molecule has 2 rings (SSSR count). The monoisotopic (exact) mass is 206 g/mol. The van der Waals surface area contributed by atoms with Crippen LogP contribution in [0.5, 0.6) is 0 Å². The summed E-state index contributed by atoms with van der Waals surface area (Å²) in [7, 11) is 0. The van der Waals surface area contributed by atoms with E-state index < -0.39 is 5.79 Å². The lowest BCUT2D eigenvalue weighted by atomic mass is 10.1. The van der Waals surface area contributed by atoms with E-state index in [-0.39, 0.29) is 9.74 Å². The summed E-state index contributed by atoms with van der Waals surface area (Å²) in [6.45, 7) is 4.52. The van der Waals surface area contributed by atoms with E-state index in [9.17, 15) is 5.11 Å². The fourth-order valence-electron chi connectivity index (χ4n) is 1.80. The highest BCUT2D eigenvalue weighted by Gasteiger charge is 2.76. The summed E-state index contributed by atoms with van der Waals surface area (Å²) in [5.74, 6) is -0.957. The van der Waals surface area contributed by atoms with Crippen LogP contribution < -0.4 is 0 Å². The summed E-state index contributed by atoms with van der Waals surface area (Å²) in [6, 6.07) is 0. The molecule has 0 unspecified atom stereocenters. The van der Waals surface area contributed by atoms with Crippen LogP contribution in [-0.2, 0) is 4.74 Å². The van der Waals surface area contributed by atoms with Gasteiger partial charge in [-0.15, -0.1) is 0 Å². The Kier molecular flexibility index (Phi) is 1.02. The van der Waals surface area contributed by atoms with Crippen LogP contribution >= 0.6 is 15.9 Å². The van der Waals surface area contributed by atoms with Gasteiger partial charge < -0.3 is 9.84 Å². The zero-order valence-electron chi connectivity index (χ0n) is 6.15. The molecule has 1 saturated carbocycles. The smallest absolute Gasteiger partial charge is 0.178 e. The van der Waals surface area contributed by atoms with Gasteiger partial charge in [-0.1, -0.05) is 22.9 Å². The van der Waals surface area contributed by atoms with Crippen molar-refractivity contribution in [3.63, 3.8) is 0 Å². The largest absolute Gasteiger partial charge is 0.365 e. The topological polar surface area (TPSA) is 29.5 Å². The number of hydrogen-bond donors (Lipinski definition) is 1. The molecule has 1 heterocycles. The average molecular weight is 207 g/mol. The number of hydrogen-bond acceptors (Lipinski definition) is 2. The SMILES string of the molecule is C[C@]12CO[C@](C)(O)[C@@]1(Br)C2. The molecule has 0 bridgehead atoms. The quantitative estimate of drug-likeness (QED) is 0.606. The Morgan fingerprint density at radius 3 is 2.20 bits per heavy atom. The second-order valence-electron chi connectivity index (χ2n) is 3.81. The van der Waals surface area contributed by atoms with Crippen molar-refractivity contribution in [3.8, 4) is 0 Å². The molecule has 58 valence electrons. The zero-order chi connectivity index (χ0) is 7.62. The minimum Gasteiger partial charge on any atom is -0.365 e. The Bertz CT molecular complexity index is 188. The lowest BCUT2D eigenvalue weighted by Crippen LogP contribution is -2.36. The van der Waals surface area contributed by atoms with E-state index in [0.717, 1.165) is 6.42 Å². The molecule has 2 nitrogen and oxygen atoms in total. The van der Waals surface area contributed by atoms with E-state index in [1.807, 2.05) is 0 Å². The zero-order valence-corrected chi connectivity index (χ0v) is 7.73. The molecule has 0 aromatic carbocycles. The second kappa shape index (κ2) is 1.45. The van der Waals surface area contributed by atoms with Crippen molar-refractivity contribution in [2.75, 3.05) is 6.61 Å². The van der Waals surface area contributed by atoms with Crippen molar-refractivity contribution >= 4 is 15.9 Å². The number of fused-ring (bicyclic) bond motifs is 1. The molecule has 0 amide bonds. The molecule has 0 spiro atoms. The Hall–Kier alpha value is 0.400. The molecule has 0 radical (unpaired) electrons. The van der Waals surface area contributed by atoms with Gasteiger partial charge in [-0.3, -0.25) is 0 Å². The molecule has 1 aliphatic heterocycles. The first kappa shape index (κ1) is 7.07. The number of ether oxygens (including phenoxy) is 1. The van der Waals surface area contributed by atoms with Crippen molar-refractivity contribution in [2.24, 2.45) is 5.41 Å². The van der Waals surface area contributed by atoms with Crippen molar-refractivity contribution in [3.05, 3.63) is 0 Å². The highest BCUT2D eigenvalue weighted by molar-refractivity contribution is 9.10. The molecule has 1 N–H and O–H groups in total. The first-order valence-corrected chi connectivity index (χ1v) is 4.26. The number of rotatable bonds is 0. The van der Waals surface area contributed by atoms with Crippen LogP contribution in [0.1, 0.15) is 20.3 Å². The maximum absolute atomic E-state index is 9.66. The van der Waals surface area contributed by atoms with Crippen LogP contribution in [-0.4, -0.2) is 21.8 Å². The summed E-state index contributed by atoms with van der Waals surface area (Å²) in [5.41, 5.74) is 0.177. The van der Waals surface area contributed by atoms with Gasteiger partial charge in [0, 0.05) is 5.41 Å². The molecule has 3 heteroatoms. The minimum atomic E-state index is -0.957. The molecular formula is C7H11BrO2. The Balaban J connectivity index is 2.34. The molecule has 2 fully saturated rings. The highest BCUT2D eigenvalue weighted by atomic mass is 79.9. The maximum atomic E-state index is 9.66. The Morgan fingerprint density at radius 2 is 2.10 bits per heavy atom. The summed E-state index contributed by atoms with van der Waals surface area (Å²) in [4.78, 5) is 0. The third kappa shape index (κ3) is 0.532. The van der Waals surface area contributed by atoms with Gasteiger partial charge in [-0.25, -0.2) is 0 Å². The van der Waals surface area contributed by atoms with Crippen molar-refractivity contribution in [2.45, 2.75) is 30.4 Å². The number of alkyl halides is 1. The predicted octanol–water partition coefficient (Wildman–Crippen LogP) is 1.27. The van der Waals surface area contributed by atoms with E-state index in [0.29, 0.717) is 6.61 Å². The maximum Gasteiger partial charge on any atom is 0.178 e. The van der Waals surface area contributed by atoms with E-state index >= 15 is 0 Å². The molecule has 1 aliphatic carbocycles. The number of halogens is 1. The van der Waals surface area contributed by atoms with Crippen LogP contribution in [0, 0.1) is 5.41 Å². The standard InChI is InChI=1S/C7H11BrO2/c1-5-3-7(5,8)6(2,9)10-4-5/h9H,3-4H2,1-2H3/t5-,6-,7+/m0/s1. The first-order chi connectivity index (χ1) is 4.41. The first-order valence-electron chi connectivity index (χ1n) is 3.47. The Labute approximate surface area is 68.7 Å². The van der Waals surface area contributed by atoms with Crippen LogP contribution in [0.15, 0.2) is 0 Å². The second-order valence-corrected chi connectivity index (χ2v) is 5.16. The number of aliphatic hydroxyl groups is 1. The van der Waals surface area contributed by atoms with Crippen molar-refractivity contribution in [1.82, 2.24) is 0 Å². The third-order valence-electron chi connectivity index (χ3n) is 2.87. The predicted molar refractivity (Wildman–Crippen MR) is 41.0 cm³/mol. The summed E-state index contributed by atoms with van der Waals surface area (Å²) in [5, 5.41) is 9.66. The average Bonchev–Trinajstić information content (AvgIpc) is 2.29. The van der Waals surface area contributed by atoms with Gasteiger partial charge in [0.25, 0.3) is 0 Å². The van der Waals surface area contributed by atoms with E-state index in [4.69, 9.17) is 4.74 Å². The molecule has 3 atom stereocenters. The van der Waals surface area contributed by atoms with Crippen molar-refractivity contribution < 1.29 is 9.84 Å². The van der Waals surface area contributed by atoms with E-state index in [1.54, 1.807) is 6.92 Å². The molecule has 1 saturated heterocycles. The fourth-order valence-corrected chi connectivity index (χ4v) is 2.64. The molecular weight excluding hydrogens is 196 g/mol. The molecule has 0 aromatic heterocycles. The minimum absolute atomic E-state index is 0.160. The van der Waals surface area contributed by atoms with Crippen LogP contribution in [0.4, 0.5) is 0 Å². The van der Waals surface area contributed by atoms with Gasteiger partial charge in [0.1, 0.15) is 0 Å². The van der Waals surface area contributed by atoms with E-state index in [2.05, 4.69) is 22.9 Å². The van der Waals surface area contributed by atoms with Gasteiger partial charge >= 0.3 is 0 Å². The molecule has 10 heavy (non-hydrogen) atoms.